The van der Waals surface area contributed by atoms with E-state index >= 15 is 0 Å². The van der Waals surface area contributed by atoms with Crippen LogP contribution < -0.4 is 5.32 Å². The summed E-state index contributed by atoms with van der Waals surface area (Å²) in [5, 5.41) is 2.97. The van der Waals surface area contributed by atoms with Gasteiger partial charge in [-0.3, -0.25) is 4.79 Å². The minimum atomic E-state index is -0.00873. The molecule has 2 nitrogen and oxygen atoms in total. The molecular weight excluding hydrogens is 338 g/mol. The fraction of sp³-hybridized carbons (Fsp3) is 0.105. The first-order valence-electron chi connectivity index (χ1n) is 7.10. The van der Waals surface area contributed by atoms with E-state index in [1.165, 1.54) is 0 Å². The van der Waals surface area contributed by atoms with Crippen molar-refractivity contribution in [1.82, 2.24) is 0 Å². The normalized spacial score (nSPS) is 14.5. The van der Waals surface area contributed by atoms with Gasteiger partial charge in [-0.2, -0.15) is 0 Å². The van der Waals surface area contributed by atoms with E-state index in [0.717, 1.165) is 38.0 Å². The van der Waals surface area contributed by atoms with Crippen molar-refractivity contribution >= 4 is 38.7 Å². The van der Waals surface area contributed by atoms with Crippen molar-refractivity contribution in [2.45, 2.75) is 13.3 Å². The van der Waals surface area contributed by atoms with Gasteiger partial charge in [0.2, 0.25) is 5.91 Å². The zero-order valence-corrected chi connectivity index (χ0v) is 13.9. The number of fused-ring (bicyclic) bond motifs is 1. The summed E-state index contributed by atoms with van der Waals surface area (Å²) in [6.45, 7) is 6.22. The molecule has 22 heavy (non-hydrogen) atoms. The smallest absolute Gasteiger partial charge is 0.228 e. The fourth-order valence-corrected chi connectivity index (χ4v) is 3.05. The maximum Gasteiger partial charge on any atom is 0.228 e. The first kappa shape index (κ1) is 14.8. The Labute approximate surface area is 138 Å². The molecule has 0 atom stereocenters. The monoisotopic (exact) mass is 353 g/mol. The second-order valence-electron chi connectivity index (χ2n) is 5.42. The molecular formula is C19H16BrNO. The highest BCUT2D eigenvalue weighted by atomic mass is 79.9. The number of halogens is 1. The number of anilines is 1. The number of hydrogen-bond donors (Lipinski definition) is 1. The number of nitrogens with one attached hydrogen (secondary N) is 1. The molecule has 0 aliphatic carbocycles. The Bertz CT molecular complexity index is 805. The largest absolute Gasteiger partial charge is 0.325 e. The van der Waals surface area contributed by atoms with Gasteiger partial charge in [-0.15, -0.1) is 0 Å². The first-order valence-corrected chi connectivity index (χ1v) is 7.89. The van der Waals surface area contributed by atoms with Crippen LogP contribution in [0.2, 0.25) is 0 Å². The molecule has 110 valence electrons. The number of para-hydroxylation sites is 1. The highest BCUT2D eigenvalue weighted by Gasteiger charge is 2.17. The molecule has 0 bridgehead atoms. The SMILES string of the molecule is C=C1C=C(c2cc(Br)ccc2C)CC(=O)Nc2ccccc21. The first-order chi connectivity index (χ1) is 10.5. The van der Waals surface area contributed by atoms with Gasteiger partial charge in [0, 0.05) is 15.7 Å². The van der Waals surface area contributed by atoms with E-state index in [-0.39, 0.29) is 5.91 Å². The third-order valence-corrected chi connectivity index (χ3v) is 4.29. The van der Waals surface area contributed by atoms with Crippen LogP contribution in [0.25, 0.3) is 11.1 Å². The zero-order valence-electron chi connectivity index (χ0n) is 12.3. The molecule has 0 saturated heterocycles. The summed E-state index contributed by atoms with van der Waals surface area (Å²) in [7, 11) is 0. The van der Waals surface area contributed by atoms with Gasteiger partial charge in [0.15, 0.2) is 0 Å². The Kier molecular flexibility index (Phi) is 3.99. The number of allylic oxidation sites excluding steroid dienone is 2. The van der Waals surface area contributed by atoms with Gasteiger partial charge in [0.25, 0.3) is 0 Å². The Morgan fingerprint density at radius 1 is 1.14 bits per heavy atom. The van der Waals surface area contributed by atoms with Crippen LogP contribution in [0.1, 0.15) is 23.1 Å². The van der Waals surface area contributed by atoms with Crippen LogP contribution in [0.3, 0.4) is 0 Å². The molecule has 1 aliphatic rings. The molecule has 1 aliphatic heterocycles. The van der Waals surface area contributed by atoms with E-state index in [1.807, 2.05) is 42.5 Å². The lowest BCUT2D eigenvalue weighted by molar-refractivity contribution is -0.115. The third kappa shape index (κ3) is 2.90. The summed E-state index contributed by atoms with van der Waals surface area (Å²) < 4.78 is 1.00. The summed E-state index contributed by atoms with van der Waals surface area (Å²) in [6.07, 6.45) is 2.36. The van der Waals surface area contributed by atoms with Crippen molar-refractivity contribution in [3.05, 3.63) is 76.3 Å². The summed E-state index contributed by atoms with van der Waals surface area (Å²) in [5.74, 6) is -0.00873. The highest BCUT2D eigenvalue weighted by molar-refractivity contribution is 9.10. The number of amides is 1. The van der Waals surface area contributed by atoms with Crippen LogP contribution in [0, 0.1) is 6.92 Å². The number of aryl methyl sites for hydroxylation is 1. The minimum absolute atomic E-state index is 0.00873. The van der Waals surface area contributed by atoms with Gasteiger partial charge in [-0.05, 0) is 47.4 Å². The molecule has 0 unspecified atom stereocenters. The van der Waals surface area contributed by atoms with Crippen molar-refractivity contribution < 1.29 is 4.79 Å². The second-order valence-corrected chi connectivity index (χ2v) is 6.34. The second kappa shape index (κ2) is 5.93. The molecule has 3 heteroatoms. The van der Waals surface area contributed by atoms with Gasteiger partial charge in [-0.1, -0.05) is 52.9 Å². The number of hydrogen-bond acceptors (Lipinski definition) is 1. The summed E-state index contributed by atoms with van der Waals surface area (Å²) in [6, 6.07) is 13.9. The Morgan fingerprint density at radius 3 is 2.73 bits per heavy atom. The highest BCUT2D eigenvalue weighted by Crippen LogP contribution is 2.33. The molecule has 0 fully saturated rings. The van der Waals surface area contributed by atoms with Gasteiger partial charge >= 0.3 is 0 Å². The van der Waals surface area contributed by atoms with Crippen LogP contribution in [0.4, 0.5) is 5.69 Å². The molecule has 1 N–H and O–H groups in total. The van der Waals surface area contributed by atoms with Crippen molar-refractivity contribution in [3.8, 4) is 0 Å². The van der Waals surface area contributed by atoms with E-state index in [2.05, 4.69) is 40.8 Å². The van der Waals surface area contributed by atoms with Gasteiger partial charge < -0.3 is 5.32 Å². The van der Waals surface area contributed by atoms with E-state index in [1.54, 1.807) is 0 Å². The van der Waals surface area contributed by atoms with Crippen molar-refractivity contribution in [3.63, 3.8) is 0 Å². The van der Waals surface area contributed by atoms with Crippen LogP contribution in [-0.4, -0.2) is 5.91 Å². The van der Waals surface area contributed by atoms with Crippen molar-refractivity contribution in [2.75, 3.05) is 5.32 Å². The van der Waals surface area contributed by atoms with E-state index in [4.69, 9.17) is 0 Å². The molecule has 1 heterocycles. The molecule has 2 aromatic rings. The molecule has 0 radical (unpaired) electrons. The number of carbonyl (C=O) groups is 1. The average Bonchev–Trinajstić information content (AvgIpc) is 2.48. The Morgan fingerprint density at radius 2 is 1.91 bits per heavy atom. The lowest BCUT2D eigenvalue weighted by Gasteiger charge is -2.18. The summed E-state index contributed by atoms with van der Waals surface area (Å²) in [5.41, 5.74) is 5.88. The van der Waals surface area contributed by atoms with E-state index < -0.39 is 0 Å². The van der Waals surface area contributed by atoms with Crippen molar-refractivity contribution in [1.29, 1.82) is 0 Å². The predicted octanol–water partition coefficient (Wildman–Crippen LogP) is 5.20. The minimum Gasteiger partial charge on any atom is -0.325 e. The zero-order chi connectivity index (χ0) is 15.7. The van der Waals surface area contributed by atoms with E-state index in [9.17, 15) is 4.79 Å². The van der Waals surface area contributed by atoms with Gasteiger partial charge in [0.05, 0.1) is 6.42 Å². The predicted molar refractivity (Wildman–Crippen MR) is 95.6 cm³/mol. The fourth-order valence-electron chi connectivity index (χ4n) is 2.69. The van der Waals surface area contributed by atoms with Gasteiger partial charge in [0.1, 0.15) is 0 Å². The maximum absolute atomic E-state index is 12.3. The molecule has 0 aromatic heterocycles. The average molecular weight is 354 g/mol. The summed E-state index contributed by atoms with van der Waals surface area (Å²) in [4.78, 5) is 12.3. The molecule has 2 aromatic carbocycles. The number of carbonyl (C=O) groups excluding carboxylic acids is 1. The van der Waals surface area contributed by atoms with Crippen LogP contribution in [0.5, 0.6) is 0 Å². The lowest BCUT2D eigenvalue weighted by Crippen LogP contribution is -2.15. The third-order valence-electron chi connectivity index (χ3n) is 3.79. The summed E-state index contributed by atoms with van der Waals surface area (Å²) >= 11 is 3.50. The standard InChI is InChI=1S/C19H16BrNO/c1-12-7-8-15(20)11-17(12)14-9-13(2)16-5-3-4-6-18(16)21-19(22)10-14/h3-9,11H,2,10H2,1H3,(H,21,22). The Hall–Kier alpha value is -2.13. The van der Waals surface area contributed by atoms with Crippen LogP contribution in [0.15, 0.2) is 59.6 Å². The molecule has 1 amide bonds. The Balaban J connectivity index is 2.13. The molecule has 0 spiro atoms. The van der Waals surface area contributed by atoms with Crippen molar-refractivity contribution in [2.24, 2.45) is 0 Å². The molecule has 0 saturated carbocycles. The lowest BCUT2D eigenvalue weighted by atomic mass is 9.92. The number of rotatable bonds is 1. The van der Waals surface area contributed by atoms with E-state index in [0.29, 0.717) is 6.42 Å². The molecule has 3 rings (SSSR count). The maximum atomic E-state index is 12.3. The quantitative estimate of drug-likeness (QED) is 0.750. The topological polar surface area (TPSA) is 29.1 Å². The number of benzene rings is 2. The van der Waals surface area contributed by atoms with Crippen LogP contribution >= 0.6 is 15.9 Å². The van der Waals surface area contributed by atoms with Crippen LogP contribution in [-0.2, 0) is 4.79 Å². The van der Waals surface area contributed by atoms with Gasteiger partial charge in [-0.25, -0.2) is 0 Å².